The van der Waals surface area contributed by atoms with E-state index >= 15 is 0 Å². The Morgan fingerprint density at radius 2 is 1.97 bits per heavy atom. The van der Waals surface area contributed by atoms with Crippen molar-refractivity contribution in [1.29, 1.82) is 0 Å². The van der Waals surface area contributed by atoms with Gasteiger partial charge in [-0.1, -0.05) is 20.8 Å². The monoisotopic (exact) mass is 531 g/mol. The molecular formula is C20H30IN5O2S. The number of amides is 1. The first kappa shape index (κ1) is 23.7. The van der Waals surface area contributed by atoms with Crippen molar-refractivity contribution in [2.75, 3.05) is 32.7 Å². The number of piperazine rings is 1. The summed E-state index contributed by atoms with van der Waals surface area (Å²) in [5.41, 5.74) is 1.06. The normalized spacial score (nSPS) is 15.2. The number of nitrogens with one attached hydrogen (secondary N) is 1. The second-order valence-electron chi connectivity index (χ2n) is 7.82. The molecule has 2 aromatic rings. The molecule has 1 N–H and O–H groups in total. The van der Waals surface area contributed by atoms with Gasteiger partial charge in [-0.3, -0.25) is 4.79 Å². The summed E-state index contributed by atoms with van der Waals surface area (Å²) in [6.45, 7) is 12.7. The minimum atomic E-state index is -0.0521. The number of aromatic nitrogens is 1. The van der Waals surface area contributed by atoms with E-state index in [-0.39, 0.29) is 35.3 Å². The number of hydrogen-bond donors (Lipinski definition) is 1. The summed E-state index contributed by atoms with van der Waals surface area (Å²) in [7, 11) is 0. The number of aliphatic imine (C=N–C) groups is 1. The Hall–Kier alpha value is -1.62. The lowest BCUT2D eigenvalue weighted by Gasteiger charge is -2.36. The van der Waals surface area contributed by atoms with Crippen LogP contribution < -0.4 is 5.32 Å². The minimum absolute atomic E-state index is 0. The first-order valence-electron chi connectivity index (χ1n) is 9.69. The molecule has 0 saturated carbocycles. The number of hydrogen-bond acceptors (Lipinski definition) is 5. The highest BCUT2D eigenvalue weighted by Crippen LogP contribution is 2.25. The van der Waals surface area contributed by atoms with E-state index in [9.17, 15) is 4.79 Å². The van der Waals surface area contributed by atoms with E-state index in [0.29, 0.717) is 25.4 Å². The SMILES string of the molecule is CCNC(=NCc1csc(C(C)(C)C)n1)N1CCN(C(=O)c2ccco2)CC1.I. The maximum absolute atomic E-state index is 12.4. The summed E-state index contributed by atoms with van der Waals surface area (Å²) in [5, 5.41) is 6.58. The van der Waals surface area contributed by atoms with Gasteiger partial charge in [0.15, 0.2) is 11.7 Å². The van der Waals surface area contributed by atoms with Gasteiger partial charge in [0.05, 0.1) is 23.5 Å². The molecule has 1 fully saturated rings. The summed E-state index contributed by atoms with van der Waals surface area (Å²) in [4.78, 5) is 25.9. The van der Waals surface area contributed by atoms with E-state index in [1.807, 2.05) is 4.90 Å². The molecule has 0 atom stereocenters. The first-order chi connectivity index (χ1) is 13.4. The third-order valence-corrected chi connectivity index (χ3v) is 5.83. The summed E-state index contributed by atoms with van der Waals surface area (Å²) in [5.74, 6) is 1.22. The van der Waals surface area contributed by atoms with Gasteiger partial charge in [-0.2, -0.15) is 0 Å². The van der Waals surface area contributed by atoms with Gasteiger partial charge in [0.25, 0.3) is 5.91 Å². The average Bonchev–Trinajstić information content (AvgIpc) is 3.36. The Morgan fingerprint density at radius 1 is 1.28 bits per heavy atom. The zero-order valence-electron chi connectivity index (χ0n) is 17.5. The molecule has 1 aliphatic heterocycles. The molecule has 2 aromatic heterocycles. The van der Waals surface area contributed by atoms with Crippen molar-refractivity contribution in [2.24, 2.45) is 4.99 Å². The first-order valence-corrected chi connectivity index (χ1v) is 10.6. The van der Waals surface area contributed by atoms with Gasteiger partial charge in [0, 0.05) is 43.5 Å². The fourth-order valence-electron chi connectivity index (χ4n) is 2.98. The van der Waals surface area contributed by atoms with Crippen LogP contribution in [0.25, 0.3) is 0 Å². The molecular weight excluding hydrogens is 501 g/mol. The fraction of sp³-hybridized carbons (Fsp3) is 0.550. The van der Waals surface area contributed by atoms with Gasteiger partial charge in [0.1, 0.15) is 0 Å². The number of nitrogens with zero attached hydrogens (tertiary/aromatic N) is 4. The number of thiazole rings is 1. The van der Waals surface area contributed by atoms with E-state index in [2.05, 4.69) is 43.3 Å². The van der Waals surface area contributed by atoms with Gasteiger partial charge in [0.2, 0.25) is 0 Å². The van der Waals surface area contributed by atoms with Gasteiger partial charge in [-0.25, -0.2) is 9.98 Å². The van der Waals surface area contributed by atoms with Crippen LogP contribution in [0.1, 0.15) is 49.0 Å². The van der Waals surface area contributed by atoms with Crippen molar-refractivity contribution in [1.82, 2.24) is 20.1 Å². The summed E-state index contributed by atoms with van der Waals surface area (Å²) in [6, 6.07) is 3.45. The van der Waals surface area contributed by atoms with Gasteiger partial charge in [-0.05, 0) is 19.1 Å². The molecule has 0 aromatic carbocycles. The fourth-order valence-corrected chi connectivity index (χ4v) is 3.88. The van der Waals surface area contributed by atoms with Crippen molar-refractivity contribution in [3.8, 4) is 0 Å². The summed E-state index contributed by atoms with van der Waals surface area (Å²) in [6.07, 6.45) is 1.53. The molecule has 0 aliphatic carbocycles. The van der Waals surface area contributed by atoms with Gasteiger partial charge in [-0.15, -0.1) is 35.3 Å². The highest BCUT2D eigenvalue weighted by molar-refractivity contribution is 14.0. The molecule has 1 saturated heterocycles. The molecule has 7 nitrogen and oxygen atoms in total. The number of rotatable bonds is 4. The van der Waals surface area contributed by atoms with E-state index in [4.69, 9.17) is 14.4 Å². The minimum Gasteiger partial charge on any atom is -0.459 e. The van der Waals surface area contributed by atoms with Crippen molar-refractivity contribution >= 4 is 47.2 Å². The summed E-state index contributed by atoms with van der Waals surface area (Å²) >= 11 is 1.69. The quantitative estimate of drug-likeness (QED) is 0.371. The lowest BCUT2D eigenvalue weighted by Crippen LogP contribution is -2.53. The second kappa shape index (κ2) is 10.4. The number of carbonyl (C=O) groups is 1. The highest BCUT2D eigenvalue weighted by Gasteiger charge is 2.25. The molecule has 1 aliphatic rings. The standard InChI is InChI=1S/C20H29N5O2S.HI/c1-5-21-19(22-13-15-14-28-18(23-15)20(2,3)4)25-10-8-24(9-11-25)17(26)16-7-6-12-27-16;/h6-7,12,14H,5,8-11,13H2,1-4H3,(H,21,22);1H. The predicted octanol–water partition coefficient (Wildman–Crippen LogP) is 3.58. The van der Waals surface area contributed by atoms with Crippen LogP contribution >= 0.6 is 35.3 Å². The second-order valence-corrected chi connectivity index (χ2v) is 8.68. The van der Waals surface area contributed by atoms with Crippen LogP contribution in [0.5, 0.6) is 0 Å². The Bertz CT molecular complexity index is 805. The van der Waals surface area contributed by atoms with Crippen LogP contribution in [0.15, 0.2) is 33.2 Å². The third-order valence-electron chi connectivity index (χ3n) is 4.52. The maximum Gasteiger partial charge on any atom is 0.289 e. The van der Waals surface area contributed by atoms with E-state index in [1.165, 1.54) is 6.26 Å². The van der Waals surface area contributed by atoms with Crippen molar-refractivity contribution < 1.29 is 9.21 Å². The Balaban J connectivity index is 0.00000300. The van der Waals surface area contributed by atoms with Crippen LogP contribution in [-0.4, -0.2) is 59.4 Å². The topological polar surface area (TPSA) is 74.0 Å². The van der Waals surface area contributed by atoms with E-state index < -0.39 is 0 Å². The predicted molar refractivity (Wildman–Crippen MR) is 127 cm³/mol. The Morgan fingerprint density at radius 3 is 2.52 bits per heavy atom. The van der Waals surface area contributed by atoms with Crippen molar-refractivity contribution in [2.45, 2.75) is 39.7 Å². The van der Waals surface area contributed by atoms with Crippen molar-refractivity contribution in [3.63, 3.8) is 0 Å². The lowest BCUT2D eigenvalue weighted by molar-refractivity contribution is 0.0657. The summed E-state index contributed by atoms with van der Waals surface area (Å²) < 4.78 is 5.23. The number of furan rings is 1. The van der Waals surface area contributed by atoms with Gasteiger partial charge < -0.3 is 19.5 Å². The molecule has 0 radical (unpaired) electrons. The van der Waals surface area contributed by atoms with Crippen LogP contribution in [0.3, 0.4) is 0 Å². The Labute approximate surface area is 193 Å². The van der Waals surface area contributed by atoms with Crippen molar-refractivity contribution in [3.05, 3.63) is 40.2 Å². The van der Waals surface area contributed by atoms with E-state index in [1.54, 1.807) is 23.5 Å². The third kappa shape index (κ3) is 6.18. The van der Waals surface area contributed by atoms with Crippen LogP contribution in [-0.2, 0) is 12.0 Å². The number of carbonyl (C=O) groups excluding carboxylic acids is 1. The molecule has 0 unspecified atom stereocenters. The molecule has 9 heteroatoms. The highest BCUT2D eigenvalue weighted by atomic mass is 127. The zero-order valence-corrected chi connectivity index (χ0v) is 20.6. The number of guanidine groups is 1. The maximum atomic E-state index is 12.4. The van der Waals surface area contributed by atoms with Gasteiger partial charge >= 0.3 is 0 Å². The smallest absolute Gasteiger partial charge is 0.289 e. The molecule has 3 heterocycles. The number of halogens is 1. The van der Waals surface area contributed by atoms with E-state index in [0.717, 1.165) is 36.3 Å². The van der Waals surface area contributed by atoms with Crippen LogP contribution in [0.4, 0.5) is 0 Å². The molecule has 3 rings (SSSR count). The Kier molecular flexibility index (Phi) is 8.50. The van der Waals surface area contributed by atoms with Crippen LogP contribution in [0, 0.1) is 0 Å². The molecule has 160 valence electrons. The molecule has 29 heavy (non-hydrogen) atoms. The average molecular weight is 531 g/mol. The van der Waals surface area contributed by atoms with Crippen LogP contribution in [0.2, 0.25) is 0 Å². The molecule has 1 amide bonds. The molecule has 0 bridgehead atoms. The molecule has 0 spiro atoms. The zero-order chi connectivity index (χ0) is 20.1. The lowest BCUT2D eigenvalue weighted by atomic mass is 9.98. The largest absolute Gasteiger partial charge is 0.459 e.